The predicted molar refractivity (Wildman–Crippen MR) is 130 cm³/mol. The summed E-state index contributed by atoms with van der Waals surface area (Å²) in [6, 6.07) is 7.73. The number of thioether (sulfide) groups is 1. The molecule has 0 atom stereocenters. The molecule has 0 radical (unpaired) electrons. The molecule has 3 aromatic rings. The molecule has 0 aliphatic heterocycles. The van der Waals surface area contributed by atoms with Crippen molar-refractivity contribution in [3.05, 3.63) is 44.7 Å². The molecular formula is C21H21BrN4O5S2. The average molecular weight is 553 g/mol. The number of benzene rings is 1. The molecule has 33 heavy (non-hydrogen) atoms. The van der Waals surface area contributed by atoms with Crippen molar-refractivity contribution in [2.45, 2.75) is 25.5 Å². The van der Waals surface area contributed by atoms with Crippen molar-refractivity contribution >= 4 is 61.9 Å². The molecule has 2 aromatic heterocycles. The minimum absolute atomic E-state index is 0.0313. The van der Waals surface area contributed by atoms with Crippen LogP contribution in [0.25, 0.3) is 11.4 Å². The third-order valence-electron chi connectivity index (χ3n) is 4.63. The van der Waals surface area contributed by atoms with E-state index in [9.17, 15) is 14.4 Å². The van der Waals surface area contributed by atoms with Gasteiger partial charge in [-0.05, 0) is 31.5 Å². The minimum atomic E-state index is -0.647. The number of thiophene rings is 1. The summed E-state index contributed by atoms with van der Waals surface area (Å²) in [5.41, 5.74) is 1.44. The lowest BCUT2D eigenvalue weighted by atomic mass is 10.1. The molecule has 9 nitrogen and oxygen atoms in total. The first-order valence-electron chi connectivity index (χ1n) is 9.72. The zero-order valence-electron chi connectivity index (χ0n) is 18.3. The molecule has 0 bridgehead atoms. The number of rotatable bonds is 8. The number of carbonyl (C=O) groups excluding carboxylic acids is 3. The fraction of sp³-hybridized carbons (Fsp3) is 0.286. The standard InChI is InChI=1S/C21H21BrN4O5S2/c1-5-26-17(12-6-8-13(22)9-7-12)24-25-21(26)32-10-14(27)23-18-15(19(28)30-3)11(2)16(33-18)20(29)31-4/h6-9H,5,10H2,1-4H3,(H,23,27). The first kappa shape index (κ1) is 24.9. The van der Waals surface area contributed by atoms with E-state index in [1.165, 1.54) is 26.0 Å². The van der Waals surface area contributed by atoms with Crippen LogP contribution in [0.5, 0.6) is 0 Å². The summed E-state index contributed by atoms with van der Waals surface area (Å²) in [4.78, 5) is 37.1. The summed E-state index contributed by atoms with van der Waals surface area (Å²) in [5.74, 6) is -0.860. The SMILES string of the molecule is CCn1c(SCC(=O)Nc2sc(C(=O)OC)c(C)c2C(=O)OC)nnc1-c1ccc(Br)cc1. The lowest BCUT2D eigenvalue weighted by molar-refractivity contribution is -0.113. The van der Waals surface area contributed by atoms with E-state index in [-0.39, 0.29) is 27.1 Å². The Hall–Kier alpha value is -2.70. The number of halogens is 1. The normalized spacial score (nSPS) is 10.7. The van der Waals surface area contributed by atoms with Gasteiger partial charge in [-0.2, -0.15) is 0 Å². The van der Waals surface area contributed by atoms with E-state index in [0.29, 0.717) is 23.1 Å². The summed E-state index contributed by atoms with van der Waals surface area (Å²) < 4.78 is 12.5. The van der Waals surface area contributed by atoms with Crippen LogP contribution in [-0.2, 0) is 20.8 Å². The maximum Gasteiger partial charge on any atom is 0.348 e. The third-order valence-corrected chi connectivity index (χ3v) is 7.31. The molecule has 0 fully saturated rings. The summed E-state index contributed by atoms with van der Waals surface area (Å²) >= 11 is 5.61. The van der Waals surface area contributed by atoms with E-state index < -0.39 is 11.9 Å². The minimum Gasteiger partial charge on any atom is -0.465 e. The Morgan fingerprint density at radius 1 is 1.12 bits per heavy atom. The van der Waals surface area contributed by atoms with Crippen molar-refractivity contribution in [3.63, 3.8) is 0 Å². The van der Waals surface area contributed by atoms with Gasteiger partial charge in [0.25, 0.3) is 0 Å². The maximum atomic E-state index is 12.7. The average Bonchev–Trinajstić information content (AvgIpc) is 3.37. The van der Waals surface area contributed by atoms with Crippen molar-refractivity contribution in [1.82, 2.24) is 14.8 Å². The van der Waals surface area contributed by atoms with E-state index >= 15 is 0 Å². The molecule has 0 spiro atoms. The molecule has 0 saturated carbocycles. The second kappa shape index (κ2) is 10.9. The summed E-state index contributed by atoms with van der Waals surface area (Å²) in [7, 11) is 2.49. The molecule has 2 heterocycles. The van der Waals surface area contributed by atoms with Gasteiger partial charge in [-0.3, -0.25) is 4.79 Å². The highest BCUT2D eigenvalue weighted by atomic mass is 79.9. The summed E-state index contributed by atoms with van der Waals surface area (Å²) in [5, 5.41) is 12.0. The Morgan fingerprint density at radius 3 is 2.39 bits per heavy atom. The van der Waals surface area contributed by atoms with Crippen molar-refractivity contribution in [2.75, 3.05) is 25.3 Å². The van der Waals surface area contributed by atoms with Crippen molar-refractivity contribution < 1.29 is 23.9 Å². The van der Waals surface area contributed by atoms with Crippen molar-refractivity contribution in [3.8, 4) is 11.4 Å². The van der Waals surface area contributed by atoms with Crippen LogP contribution in [0.4, 0.5) is 5.00 Å². The smallest absolute Gasteiger partial charge is 0.348 e. The Bertz CT molecular complexity index is 1190. The number of hydrogen-bond acceptors (Lipinski definition) is 9. The molecule has 3 rings (SSSR count). The zero-order chi connectivity index (χ0) is 24.1. The number of ether oxygens (including phenoxy) is 2. The van der Waals surface area contributed by atoms with Gasteiger partial charge in [0.05, 0.1) is 25.5 Å². The highest BCUT2D eigenvalue weighted by Crippen LogP contribution is 2.34. The Morgan fingerprint density at radius 2 is 1.79 bits per heavy atom. The molecule has 0 unspecified atom stereocenters. The maximum absolute atomic E-state index is 12.7. The third kappa shape index (κ3) is 5.45. The van der Waals surface area contributed by atoms with Crippen molar-refractivity contribution in [2.24, 2.45) is 0 Å². The fourth-order valence-corrected chi connectivity index (χ4v) is 5.22. The van der Waals surface area contributed by atoms with Gasteiger partial charge >= 0.3 is 11.9 Å². The number of amides is 1. The van der Waals surface area contributed by atoms with Crippen LogP contribution in [0.2, 0.25) is 0 Å². The van der Waals surface area contributed by atoms with Crippen LogP contribution in [0, 0.1) is 6.92 Å². The number of carbonyl (C=O) groups is 3. The van der Waals surface area contributed by atoms with Gasteiger partial charge < -0.3 is 19.4 Å². The van der Waals surface area contributed by atoms with E-state index in [1.807, 2.05) is 35.8 Å². The predicted octanol–water partition coefficient (Wildman–Crippen LogP) is 4.40. The van der Waals surface area contributed by atoms with E-state index in [0.717, 1.165) is 21.4 Å². The monoisotopic (exact) mass is 552 g/mol. The van der Waals surface area contributed by atoms with E-state index in [1.54, 1.807) is 6.92 Å². The van der Waals surface area contributed by atoms with Crippen LogP contribution in [0.1, 0.15) is 32.5 Å². The van der Waals surface area contributed by atoms with Crippen LogP contribution in [-0.4, -0.2) is 52.6 Å². The first-order chi connectivity index (χ1) is 15.8. The molecule has 0 aliphatic carbocycles. The van der Waals surface area contributed by atoms with E-state index in [2.05, 4.69) is 31.4 Å². The number of hydrogen-bond donors (Lipinski definition) is 1. The zero-order valence-corrected chi connectivity index (χ0v) is 21.5. The topological polar surface area (TPSA) is 112 Å². The quantitative estimate of drug-likeness (QED) is 0.323. The summed E-state index contributed by atoms with van der Waals surface area (Å²) in [6.07, 6.45) is 0. The number of esters is 2. The molecule has 1 N–H and O–H groups in total. The number of nitrogens with zero attached hydrogens (tertiary/aromatic N) is 3. The molecule has 12 heteroatoms. The highest BCUT2D eigenvalue weighted by molar-refractivity contribution is 9.10. The molecular weight excluding hydrogens is 532 g/mol. The highest BCUT2D eigenvalue weighted by Gasteiger charge is 2.27. The van der Waals surface area contributed by atoms with Gasteiger partial charge in [-0.15, -0.1) is 21.5 Å². The van der Waals surface area contributed by atoms with Crippen LogP contribution in [0.3, 0.4) is 0 Å². The van der Waals surface area contributed by atoms with Gasteiger partial charge in [-0.1, -0.05) is 39.8 Å². The lowest BCUT2D eigenvalue weighted by Gasteiger charge is -2.08. The number of aromatic nitrogens is 3. The number of nitrogens with one attached hydrogen (secondary N) is 1. The Kier molecular flexibility index (Phi) is 8.27. The number of methoxy groups -OCH3 is 2. The molecule has 1 amide bonds. The molecule has 174 valence electrons. The van der Waals surface area contributed by atoms with Gasteiger partial charge in [-0.25, -0.2) is 9.59 Å². The molecule has 1 aromatic carbocycles. The van der Waals surface area contributed by atoms with Crippen LogP contribution >= 0.6 is 39.0 Å². The van der Waals surface area contributed by atoms with Gasteiger partial charge in [0.1, 0.15) is 9.88 Å². The van der Waals surface area contributed by atoms with Gasteiger partial charge in [0.2, 0.25) is 5.91 Å². The second-order valence-electron chi connectivity index (χ2n) is 6.64. The lowest BCUT2D eigenvalue weighted by Crippen LogP contribution is -2.16. The second-order valence-corrected chi connectivity index (χ2v) is 9.52. The summed E-state index contributed by atoms with van der Waals surface area (Å²) in [6.45, 7) is 4.20. The van der Waals surface area contributed by atoms with Crippen LogP contribution < -0.4 is 5.32 Å². The largest absolute Gasteiger partial charge is 0.465 e. The van der Waals surface area contributed by atoms with Crippen molar-refractivity contribution in [1.29, 1.82) is 0 Å². The first-order valence-corrected chi connectivity index (χ1v) is 12.3. The van der Waals surface area contributed by atoms with Gasteiger partial charge in [0, 0.05) is 16.6 Å². The fourth-order valence-electron chi connectivity index (χ4n) is 3.02. The Balaban J connectivity index is 1.77. The van der Waals surface area contributed by atoms with Crippen LogP contribution in [0.15, 0.2) is 33.9 Å². The van der Waals surface area contributed by atoms with E-state index in [4.69, 9.17) is 9.47 Å². The van der Waals surface area contributed by atoms with Gasteiger partial charge in [0.15, 0.2) is 11.0 Å². The molecule has 0 aliphatic rings. The Labute approximate surface area is 207 Å². The molecule has 0 saturated heterocycles. The number of anilines is 1.